The standard InChI is InChI=1S/C8H7ClFNO3/c9-7-6(10)2-1-5(3-4-12)8(7)11(13)14/h1-2,12H,3-4H2. The molecule has 0 amide bonds. The van der Waals surface area contributed by atoms with Crippen LogP contribution in [0.5, 0.6) is 0 Å². The molecule has 0 spiro atoms. The first-order chi connectivity index (χ1) is 6.57. The Labute approximate surface area is 84.1 Å². The zero-order valence-electron chi connectivity index (χ0n) is 7.04. The zero-order chi connectivity index (χ0) is 10.7. The van der Waals surface area contributed by atoms with E-state index in [0.29, 0.717) is 0 Å². The molecule has 0 aliphatic carbocycles. The summed E-state index contributed by atoms with van der Waals surface area (Å²) in [5.74, 6) is -0.833. The van der Waals surface area contributed by atoms with Crippen LogP contribution in [0.3, 0.4) is 0 Å². The molecular formula is C8H7ClFNO3. The van der Waals surface area contributed by atoms with Gasteiger partial charge in [0, 0.05) is 18.6 Å². The number of hydrogen-bond acceptors (Lipinski definition) is 3. The van der Waals surface area contributed by atoms with E-state index in [1.165, 1.54) is 6.07 Å². The summed E-state index contributed by atoms with van der Waals surface area (Å²) in [6, 6.07) is 2.29. The number of aliphatic hydroxyl groups is 1. The highest BCUT2D eigenvalue weighted by Gasteiger charge is 2.21. The van der Waals surface area contributed by atoms with Crippen molar-refractivity contribution in [3.63, 3.8) is 0 Å². The molecule has 0 aliphatic rings. The second kappa shape index (κ2) is 4.34. The molecule has 6 heteroatoms. The Balaban J connectivity index is 3.30. The molecule has 0 aromatic heterocycles. The van der Waals surface area contributed by atoms with Crippen molar-refractivity contribution < 1.29 is 14.4 Å². The van der Waals surface area contributed by atoms with E-state index < -0.39 is 21.5 Å². The van der Waals surface area contributed by atoms with Crippen LogP contribution in [0.1, 0.15) is 5.56 Å². The first kappa shape index (κ1) is 10.9. The third-order valence-electron chi connectivity index (χ3n) is 1.72. The lowest BCUT2D eigenvalue weighted by molar-refractivity contribution is -0.385. The Morgan fingerprint density at radius 3 is 2.71 bits per heavy atom. The van der Waals surface area contributed by atoms with Crippen molar-refractivity contribution in [1.29, 1.82) is 0 Å². The Morgan fingerprint density at radius 2 is 2.21 bits per heavy atom. The molecule has 0 heterocycles. The van der Waals surface area contributed by atoms with Crippen molar-refractivity contribution >= 4 is 17.3 Å². The van der Waals surface area contributed by atoms with Crippen LogP contribution in [0.15, 0.2) is 12.1 Å². The van der Waals surface area contributed by atoms with Crippen molar-refractivity contribution in [2.45, 2.75) is 6.42 Å². The van der Waals surface area contributed by atoms with Crippen LogP contribution in [0, 0.1) is 15.9 Å². The normalized spacial score (nSPS) is 10.2. The van der Waals surface area contributed by atoms with E-state index in [2.05, 4.69) is 0 Å². The van der Waals surface area contributed by atoms with E-state index in [0.717, 1.165) is 6.07 Å². The minimum atomic E-state index is -0.833. The summed E-state index contributed by atoms with van der Waals surface area (Å²) >= 11 is 5.43. The first-order valence-electron chi connectivity index (χ1n) is 3.80. The monoisotopic (exact) mass is 219 g/mol. The Kier molecular flexibility index (Phi) is 3.38. The molecule has 1 aromatic rings. The average molecular weight is 220 g/mol. The quantitative estimate of drug-likeness (QED) is 0.624. The zero-order valence-corrected chi connectivity index (χ0v) is 7.79. The van der Waals surface area contributed by atoms with E-state index in [4.69, 9.17) is 16.7 Å². The van der Waals surface area contributed by atoms with E-state index in [-0.39, 0.29) is 18.6 Å². The third kappa shape index (κ3) is 2.00. The van der Waals surface area contributed by atoms with Crippen LogP contribution in [0.2, 0.25) is 5.02 Å². The second-order valence-electron chi connectivity index (χ2n) is 2.60. The van der Waals surface area contributed by atoms with Crippen LogP contribution in [0.4, 0.5) is 10.1 Å². The SMILES string of the molecule is O=[N+]([O-])c1c(CCO)ccc(F)c1Cl. The number of halogens is 2. The number of aliphatic hydroxyl groups excluding tert-OH is 1. The van der Waals surface area contributed by atoms with Gasteiger partial charge in [0.15, 0.2) is 5.02 Å². The minimum Gasteiger partial charge on any atom is -0.396 e. The Morgan fingerprint density at radius 1 is 1.57 bits per heavy atom. The maximum Gasteiger partial charge on any atom is 0.294 e. The number of nitrogens with zero attached hydrogens (tertiary/aromatic N) is 1. The van der Waals surface area contributed by atoms with Gasteiger partial charge in [0.1, 0.15) is 5.82 Å². The van der Waals surface area contributed by atoms with Gasteiger partial charge in [0.25, 0.3) is 5.69 Å². The fourth-order valence-electron chi connectivity index (χ4n) is 1.10. The van der Waals surface area contributed by atoms with Crippen molar-refractivity contribution in [3.8, 4) is 0 Å². The van der Waals surface area contributed by atoms with Crippen LogP contribution < -0.4 is 0 Å². The van der Waals surface area contributed by atoms with Gasteiger partial charge in [-0.2, -0.15) is 0 Å². The number of hydrogen-bond donors (Lipinski definition) is 1. The molecule has 76 valence electrons. The second-order valence-corrected chi connectivity index (χ2v) is 2.98. The summed E-state index contributed by atoms with van der Waals surface area (Å²) in [7, 11) is 0. The molecule has 0 unspecified atom stereocenters. The van der Waals surface area contributed by atoms with Gasteiger partial charge in [-0.3, -0.25) is 10.1 Å². The number of rotatable bonds is 3. The lowest BCUT2D eigenvalue weighted by Crippen LogP contribution is -2.00. The summed E-state index contributed by atoms with van der Waals surface area (Å²) in [4.78, 5) is 9.79. The summed E-state index contributed by atoms with van der Waals surface area (Å²) in [5.41, 5.74) is -0.246. The molecule has 0 fully saturated rings. The molecular weight excluding hydrogens is 213 g/mol. The highest BCUT2D eigenvalue weighted by molar-refractivity contribution is 6.32. The molecule has 1 aromatic carbocycles. The van der Waals surface area contributed by atoms with Crippen LogP contribution in [-0.2, 0) is 6.42 Å². The largest absolute Gasteiger partial charge is 0.396 e. The molecule has 1 N–H and O–H groups in total. The topological polar surface area (TPSA) is 63.4 Å². The third-order valence-corrected chi connectivity index (χ3v) is 2.08. The molecule has 0 aliphatic heterocycles. The van der Waals surface area contributed by atoms with E-state index in [1.807, 2.05) is 0 Å². The highest BCUT2D eigenvalue weighted by atomic mass is 35.5. The van der Waals surface area contributed by atoms with Crippen LogP contribution >= 0.6 is 11.6 Å². The minimum absolute atomic E-state index is 0.0797. The van der Waals surface area contributed by atoms with E-state index >= 15 is 0 Å². The van der Waals surface area contributed by atoms with Gasteiger partial charge in [0.05, 0.1) is 4.92 Å². The lowest BCUT2D eigenvalue weighted by Gasteiger charge is -2.02. The van der Waals surface area contributed by atoms with Crippen LogP contribution in [0.25, 0.3) is 0 Å². The van der Waals surface area contributed by atoms with Gasteiger partial charge in [-0.15, -0.1) is 0 Å². The molecule has 0 saturated heterocycles. The fraction of sp³-hybridized carbons (Fsp3) is 0.250. The van der Waals surface area contributed by atoms with Crippen molar-refractivity contribution in [3.05, 3.63) is 38.7 Å². The molecule has 0 saturated carbocycles. The van der Waals surface area contributed by atoms with E-state index in [1.54, 1.807) is 0 Å². The van der Waals surface area contributed by atoms with Crippen molar-refractivity contribution in [2.75, 3.05) is 6.61 Å². The van der Waals surface area contributed by atoms with Gasteiger partial charge in [-0.1, -0.05) is 11.6 Å². The number of nitro groups is 1. The predicted octanol–water partition coefficient (Wildman–Crippen LogP) is 1.92. The Bertz CT molecular complexity index is 370. The molecule has 0 atom stereocenters. The van der Waals surface area contributed by atoms with Gasteiger partial charge in [0.2, 0.25) is 0 Å². The van der Waals surface area contributed by atoms with Crippen molar-refractivity contribution in [1.82, 2.24) is 0 Å². The Hall–Kier alpha value is -1.20. The molecule has 1 rings (SSSR count). The first-order valence-corrected chi connectivity index (χ1v) is 4.18. The summed E-state index contributed by atoms with van der Waals surface area (Å²) in [6.07, 6.45) is 0.0797. The lowest BCUT2D eigenvalue weighted by atomic mass is 10.1. The number of nitro benzene ring substituents is 1. The molecule has 14 heavy (non-hydrogen) atoms. The predicted molar refractivity (Wildman–Crippen MR) is 48.9 cm³/mol. The van der Waals surface area contributed by atoms with Gasteiger partial charge in [-0.05, 0) is 12.1 Å². The average Bonchev–Trinajstić information content (AvgIpc) is 2.11. The maximum atomic E-state index is 12.9. The van der Waals surface area contributed by atoms with Gasteiger partial charge in [-0.25, -0.2) is 4.39 Å². The maximum absolute atomic E-state index is 12.9. The highest BCUT2D eigenvalue weighted by Crippen LogP contribution is 2.30. The van der Waals surface area contributed by atoms with Gasteiger partial charge >= 0.3 is 0 Å². The van der Waals surface area contributed by atoms with E-state index in [9.17, 15) is 14.5 Å². The summed E-state index contributed by atoms with van der Waals surface area (Å²) in [6.45, 7) is -0.247. The fourth-order valence-corrected chi connectivity index (χ4v) is 1.35. The smallest absolute Gasteiger partial charge is 0.294 e. The summed E-state index contributed by atoms with van der Waals surface area (Å²) < 4.78 is 12.9. The van der Waals surface area contributed by atoms with Crippen LogP contribution in [-0.4, -0.2) is 16.6 Å². The molecule has 0 radical (unpaired) electrons. The number of benzene rings is 1. The molecule has 4 nitrogen and oxygen atoms in total. The van der Waals surface area contributed by atoms with Crippen molar-refractivity contribution in [2.24, 2.45) is 0 Å². The summed E-state index contributed by atoms with van der Waals surface area (Å²) in [5, 5.41) is 18.7. The van der Waals surface area contributed by atoms with Gasteiger partial charge < -0.3 is 5.11 Å². The molecule has 0 bridgehead atoms.